The van der Waals surface area contributed by atoms with Crippen molar-refractivity contribution in [3.63, 3.8) is 0 Å². The molecule has 3 aromatic carbocycles. The van der Waals surface area contributed by atoms with Crippen molar-refractivity contribution in [3.8, 4) is 11.1 Å². The summed E-state index contributed by atoms with van der Waals surface area (Å²) in [5.41, 5.74) is 7.29. The van der Waals surface area contributed by atoms with Gasteiger partial charge in [0.2, 0.25) is 5.91 Å². The summed E-state index contributed by atoms with van der Waals surface area (Å²) in [5, 5.41) is 5.49. The zero-order chi connectivity index (χ0) is 26.6. The zero-order valence-corrected chi connectivity index (χ0v) is 20.7. The lowest BCUT2D eigenvalue weighted by molar-refractivity contribution is 0.0935. The van der Waals surface area contributed by atoms with Gasteiger partial charge in [-0.05, 0) is 71.0 Å². The van der Waals surface area contributed by atoms with E-state index in [-0.39, 0.29) is 40.1 Å². The monoisotopic (exact) mass is 493 g/mol. The van der Waals surface area contributed by atoms with Gasteiger partial charge in [-0.2, -0.15) is 0 Å². The molecular formula is C28H29F2N3O3. The quantitative estimate of drug-likeness (QED) is 0.443. The van der Waals surface area contributed by atoms with Crippen LogP contribution in [0.25, 0.3) is 11.1 Å². The fourth-order valence-corrected chi connectivity index (χ4v) is 3.55. The number of benzene rings is 3. The van der Waals surface area contributed by atoms with E-state index in [1.54, 1.807) is 0 Å². The average Bonchev–Trinajstić information content (AvgIpc) is 2.82. The third kappa shape index (κ3) is 6.53. The molecule has 3 amide bonds. The van der Waals surface area contributed by atoms with Gasteiger partial charge in [-0.1, -0.05) is 39.0 Å². The SMILES string of the molecule is Cc1c(F)cc(C(=O)NCc2ccc(F)cc2)cc1-c1ccc(C(=O)NCC(C)(C)C)cc1C(N)=O. The molecule has 4 N–H and O–H groups in total. The second-order valence-corrected chi connectivity index (χ2v) is 9.81. The van der Waals surface area contributed by atoms with Crippen molar-refractivity contribution >= 4 is 17.7 Å². The van der Waals surface area contributed by atoms with Gasteiger partial charge >= 0.3 is 0 Å². The van der Waals surface area contributed by atoms with Crippen molar-refractivity contribution < 1.29 is 23.2 Å². The molecule has 0 fully saturated rings. The van der Waals surface area contributed by atoms with E-state index in [1.807, 2.05) is 20.8 Å². The summed E-state index contributed by atoms with van der Waals surface area (Å²) in [6.07, 6.45) is 0. The summed E-state index contributed by atoms with van der Waals surface area (Å²) < 4.78 is 27.9. The maximum atomic E-state index is 14.8. The molecule has 0 bridgehead atoms. The van der Waals surface area contributed by atoms with Crippen LogP contribution < -0.4 is 16.4 Å². The van der Waals surface area contributed by atoms with Crippen molar-refractivity contribution in [2.45, 2.75) is 34.2 Å². The number of rotatable bonds is 7. The van der Waals surface area contributed by atoms with Crippen LogP contribution in [-0.4, -0.2) is 24.3 Å². The molecule has 0 saturated carbocycles. The topological polar surface area (TPSA) is 101 Å². The third-order valence-corrected chi connectivity index (χ3v) is 5.59. The number of hydrogen-bond acceptors (Lipinski definition) is 3. The maximum absolute atomic E-state index is 14.8. The van der Waals surface area contributed by atoms with Crippen LogP contribution in [-0.2, 0) is 6.54 Å². The molecule has 0 heterocycles. The first-order valence-electron chi connectivity index (χ1n) is 11.4. The van der Waals surface area contributed by atoms with E-state index in [0.717, 1.165) is 6.07 Å². The Kier molecular flexibility index (Phi) is 7.87. The van der Waals surface area contributed by atoms with Gasteiger partial charge in [-0.15, -0.1) is 0 Å². The van der Waals surface area contributed by atoms with Crippen molar-refractivity contribution in [1.82, 2.24) is 10.6 Å². The summed E-state index contributed by atoms with van der Waals surface area (Å²) in [6.45, 7) is 8.01. The lowest BCUT2D eigenvalue weighted by atomic mass is 9.91. The summed E-state index contributed by atoms with van der Waals surface area (Å²) in [7, 11) is 0. The Balaban J connectivity index is 1.93. The highest BCUT2D eigenvalue weighted by Crippen LogP contribution is 2.30. The van der Waals surface area contributed by atoms with Gasteiger partial charge in [0, 0.05) is 29.8 Å². The largest absolute Gasteiger partial charge is 0.366 e. The van der Waals surface area contributed by atoms with Gasteiger partial charge in [0.25, 0.3) is 11.8 Å². The molecule has 0 radical (unpaired) electrons. The molecule has 0 aliphatic heterocycles. The predicted molar refractivity (Wildman–Crippen MR) is 134 cm³/mol. The summed E-state index contributed by atoms with van der Waals surface area (Å²) in [6, 6.07) is 12.6. The number of halogens is 2. The fraction of sp³-hybridized carbons (Fsp3) is 0.250. The molecule has 0 saturated heterocycles. The molecule has 0 atom stereocenters. The standard InChI is InChI=1S/C28H29F2N3O3/c1-16-22(12-19(13-24(16)30)27(36)32-14-17-5-8-20(29)9-6-17)21-10-7-18(11-23(21)25(31)34)26(35)33-15-28(2,3)4/h5-13H,14-15H2,1-4H3,(H2,31,34)(H,32,36)(H,33,35). The minimum atomic E-state index is -0.790. The Bertz CT molecular complexity index is 1310. The number of carbonyl (C=O) groups excluding carboxylic acids is 3. The predicted octanol–water partition coefficient (Wildman–Crippen LogP) is 4.75. The molecular weight excluding hydrogens is 464 g/mol. The van der Waals surface area contributed by atoms with Crippen LogP contribution in [0, 0.1) is 24.0 Å². The van der Waals surface area contributed by atoms with Crippen LogP contribution in [0.4, 0.5) is 8.78 Å². The molecule has 6 nitrogen and oxygen atoms in total. The van der Waals surface area contributed by atoms with Gasteiger partial charge in [-0.3, -0.25) is 14.4 Å². The molecule has 0 aliphatic rings. The summed E-state index contributed by atoms with van der Waals surface area (Å²) in [5.74, 6) is -2.73. The Morgan fingerprint density at radius 3 is 2.08 bits per heavy atom. The highest BCUT2D eigenvalue weighted by atomic mass is 19.1. The lowest BCUT2D eigenvalue weighted by Gasteiger charge is -2.19. The normalized spacial score (nSPS) is 11.2. The molecule has 0 unspecified atom stereocenters. The van der Waals surface area contributed by atoms with E-state index >= 15 is 0 Å². The number of primary amides is 1. The molecule has 8 heteroatoms. The fourth-order valence-electron chi connectivity index (χ4n) is 3.55. The van der Waals surface area contributed by atoms with Gasteiger partial charge < -0.3 is 16.4 Å². The average molecular weight is 494 g/mol. The Morgan fingerprint density at radius 1 is 0.833 bits per heavy atom. The van der Waals surface area contributed by atoms with E-state index in [4.69, 9.17) is 5.73 Å². The molecule has 0 aromatic heterocycles. The first kappa shape index (κ1) is 26.5. The van der Waals surface area contributed by atoms with Crippen molar-refractivity contribution in [2.24, 2.45) is 11.1 Å². The maximum Gasteiger partial charge on any atom is 0.251 e. The summed E-state index contributed by atoms with van der Waals surface area (Å²) >= 11 is 0. The molecule has 0 aliphatic carbocycles. The van der Waals surface area contributed by atoms with Crippen molar-refractivity contribution in [3.05, 3.63) is 94.0 Å². The number of hydrogen-bond donors (Lipinski definition) is 3. The number of nitrogens with one attached hydrogen (secondary N) is 2. The highest BCUT2D eigenvalue weighted by molar-refractivity contribution is 6.04. The smallest absolute Gasteiger partial charge is 0.251 e. The second-order valence-electron chi connectivity index (χ2n) is 9.81. The highest BCUT2D eigenvalue weighted by Gasteiger charge is 2.20. The first-order chi connectivity index (χ1) is 16.9. The van der Waals surface area contributed by atoms with Crippen molar-refractivity contribution in [2.75, 3.05) is 6.54 Å². The van der Waals surface area contributed by atoms with Crippen LogP contribution in [0.5, 0.6) is 0 Å². The van der Waals surface area contributed by atoms with E-state index in [0.29, 0.717) is 23.2 Å². The van der Waals surface area contributed by atoms with E-state index in [1.165, 1.54) is 55.5 Å². The second kappa shape index (κ2) is 10.7. The Morgan fingerprint density at radius 2 is 1.47 bits per heavy atom. The van der Waals surface area contributed by atoms with Crippen LogP contribution in [0.15, 0.2) is 54.6 Å². The van der Waals surface area contributed by atoms with Gasteiger partial charge in [0.1, 0.15) is 11.6 Å². The molecule has 36 heavy (non-hydrogen) atoms. The van der Waals surface area contributed by atoms with Crippen LogP contribution >= 0.6 is 0 Å². The lowest BCUT2D eigenvalue weighted by Crippen LogP contribution is -2.32. The van der Waals surface area contributed by atoms with Crippen LogP contribution in [0.1, 0.15) is 63.0 Å². The van der Waals surface area contributed by atoms with Crippen molar-refractivity contribution in [1.29, 1.82) is 0 Å². The summed E-state index contributed by atoms with van der Waals surface area (Å²) in [4.78, 5) is 37.6. The van der Waals surface area contributed by atoms with Gasteiger partial charge in [-0.25, -0.2) is 8.78 Å². The van der Waals surface area contributed by atoms with Gasteiger partial charge in [0.15, 0.2) is 0 Å². The molecule has 0 spiro atoms. The minimum absolute atomic E-state index is 0.0322. The van der Waals surface area contributed by atoms with E-state index in [2.05, 4.69) is 10.6 Å². The number of nitrogens with two attached hydrogens (primary N) is 1. The van der Waals surface area contributed by atoms with Crippen LogP contribution in [0.2, 0.25) is 0 Å². The molecule has 188 valence electrons. The zero-order valence-electron chi connectivity index (χ0n) is 20.7. The van der Waals surface area contributed by atoms with E-state index in [9.17, 15) is 23.2 Å². The Labute approximate surface area is 208 Å². The molecule has 3 aromatic rings. The number of amides is 3. The minimum Gasteiger partial charge on any atom is -0.366 e. The van der Waals surface area contributed by atoms with Crippen LogP contribution in [0.3, 0.4) is 0 Å². The van der Waals surface area contributed by atoms with Gasteiger partial charge in [0.05, 0.1) is 0 Å². The third-order valence-electron chi connectivity index (χ3n) is 5.59. The first-order valence-corrected chi connectivity index (χ1v) is 11.4. The number of carbonyl (C=O) groups is 3. The molecule has 3 rings (SSSR count). The van der Waals surface area contributed by atoms with E-state index < -0.39 is 23.4 Å². The Hall–Kier alpha value is -4.07.